The number of hydrogen-bond acceptors (Lipinski definition) is 5. The molecule has 8 heteroatoms. The van der Waals surface area contributed by atoms with Gasteiger partial charge in [-0.05, 0) is 32.1 Å². The van der Waals surface area contributed by atoms with Gasteiger partial charge in [0, 0.05) is 65.6 Å². The third kappa shape index (κ3) is 7.27. The number of guanidine groups is 1. The summed E-state index contributed by atoms with van der Waals surface area (Å²) < 4.78 is 11.3. The fourth-order valence-electron chi connectivity index (χ4n) is 3.52. The molecule has 0 unspecified atom stereocenters. The molecule has 3 rings (SSSR count). The highest BCUT2D eigenvalue weighted by Gasteiger charge is 2.25. The van der Waals surface area contributed by atoms with E-state index in [-0.39, 0.29) is 5.91 Å². The highest BCUT2D eigenvalue weighted by Crippen LogP contribution is 2.18. The number of ether oxygens (including phenoxy) is 2. The van der Waals surface area contributed by atoms with Crippen LogP contribution in [0.15, 0.2) is 4.99 Å². The molecule has 0 bridgehead atoms. The number of rotatable bonds is 8. The molecule has 0 aromatic carbocycles. The Bertz CT molecular complexity index is 484. The number of carbonyl (C=O) groups excluding carboxylic acids is 1. The minimum Gasteiger partial charge on any atom is -0.381 e. The molecule has 1 saturated carbocycles. The van der Waals surface area contributed by atoms with E-state index in [1.165, 1.54) is 0 Å². The van der Waals surface area contributed by atoms with Crippen molar-refractivity contribution < 1.29 is 14.3 Å². The Labute approximate surface area is 162 Å². The minimum atomic E-state index is 0.165. The molecule has 2 heterocycles. The van der Waals surface area contributed by atoms with E-state index in [1.54, 1.807) is 0 Å². The summed E-state index contributed by atoms with van der Waals surface area (Å²) in [5, 5.41) is 6.50. The van der Waals surface area contributed by atoms with Crippen LogP contribution < -0.4 is 10.6 Å². The van der Waals surface area contributed by atoms with Crippen molar-refractivity contribution in [3.8, 4) is 0 Å². The molecule has 8 nitrogen and oxygen atoms in total. The fraction of sp³-hybridized carbons (Fsp3) is 0.895. The molecule has 2 saturated heterocycles. The summed E-state index contributed by atoms with van der Waals surface area (Å²) >= 11 is 0. The number of nitrogens with one attached hydrogen (secondary N) is 2. The second kappa shape index (κ2) is 10.8. The predicted octanol–water partition coefficient (Wildman–Crippen LogP) is 0.0437. The normalized spacial score (nSPS) is 22.7. The number of hydrogen-bond donors (Lipinski definition) is 2. The van der Waals surface area contributed by atoms with Crippen LogP contribution >= 0.6 is 0 Å². The van der Waals surface area contributed by atoms with E-state index in [9.17, 15) is 4.79 Å². The molecule has 0 spiro atoms. The highest BCUT2D eigenvalue weighted by atomic mass is 16.5. The molecule has 3 aliphatic rings. The van der Waals surface area contributed by atoms with Crippen LogP contribution in [0.3, 0.4) is 0 Å². The van der Waals surface area contributed by atoms with E-state index >= 15 is 0 Å². The van der Waals surface area contributed by atoms with E-state index in [1.807, 2.05) is 7.05 Å². The average molecular weight is 382 g/mol. The van der Waals surface area contributed by atoms with Crippen LogP contribution in [0.5, 0.6) is 0 Å². The first-order valence-corrected chi connectivity index (χ1v) is 10.4. The number of carbonyl (C=O) groups is 1. The first-order valence-electron chi connectivity index (χ1n) is 10.4. The van der Waals surface area contributed by atoms with Crippen LogP contribution in [-0.2, 0) is 14.3 Å². The van der Waals surface area contributed by atoms with Crippen LogP contribution in [-0.4, -0.2) is 99.9 Å². The molecule has 0 radical (unpaired) electrons. The third-order valence-corrected chi connectivity index (χ3v) is 5.32. The van der Waals surface area contributed by atoms with E-state index in [0.29, 0.717) is 18.7 Å². The lowest BCUT2D eigenvalue weighted by Crippen LogP contribution is -2.54. The lowest BCUT2D eigenvalue weighted by molar-refractivity contribution is -0.122. The van der Waals surface area contributed by atoms with Crippen molar-refractivity contribution in [3.63, 3.8) is 0 Å². The van der Waals surface area contributed by atoms with Crippen molar-refractivity contribution in [2.45, 2.75) is 44.2 Å². The average Bonchev–Trinajstić information content (AvgIpc) is 3.50. The molecule has 1 amide bonds. The Balaban J connectivity index is 1.26. The van der Waals surface area contributed by atoms with Crippen molar-refractivity contribution >= 4 is 11.9 Å². The van der Waals surface area contributed by atoms with Gasteiger partial charge in [0.05, 0.1) is 12.6 Å². The summed E-state index contributed by atoms with van der Waals surface area (Å²) in [7, 11) is 1.83. The van der Waals surface area contributed by atoms with Crippen LogP contribution in [0.2, 0.25) is 0 Å². The number of aliphatic imine (C=N–C) groups is 1. The monoisotopic (exact) mass is 381 g/mol. The van der Waals surface area contributed by atoms with E-state index in [4.69, 9.17) is 9.47 Å². The minimum absolute atomic E-state index is 0.165. The molecule has 27 heavy (non-hydrogen) atoms. The molecular formula is C19H35N5O3. The SMILES string of the molecule is CN=C(NCCCOC1CCOCC1)N1CCN(CC(=O)NC2CC2)CC1. The number of nitrogens with zero attached hydrogens (tertiary/aromatic N) is 3. The summed E-state index contributed by atoms with van der Waals surface area (Å²) in [6, 6.07) is 0.442. The number of amides is 1. The highest BCUT2D eigenvalue weighted by molar-refractivity contribution is 5.80. The third-order valence-electron chi connectivity index (χ3n) is 5.32. The molecule has 1 aliphatic carbocycles. The zero-order valence-corrected chi connectivity index (χ0v) is 16.6. The second-order valence-electron chi connectivity index (χ2n) is 7.62. The summed E-state index contributed by atoms with van der Waals surface area (Å²) in [6.45, 7) is 7.38. The lowest BCUT2D eigenvalue weighted by Gasteiger charge is -2.36. The molecule has 0 aromatic rings. The standard InChI is InChI=1S/C19H35N5O3/c1-20-19(21-7-2-12-27-17-5-13-26-14-6-17)24-10-8-23(9-11-24)15-18(25)22-16-3-4-16/h16-17H,2-15H2,1H3,(H,20,21)(H,22,25). The Morgan fingerprint density at radius 1 is 1.15 bits per heavy atom. The predicted molar refractivity (Wildman–Crippen MR) is 105 cm³/mol. The van der Waals surface area contributed by atoms with E-state index in [0.717, 1.165) is 90.6 Å². The van der Waals surface area contributed by atoms with Gasteiger partial charge in [0.15, 0.2) is 5.96 Å². The Hall–Kier alpha value is -1.38. The first kappa shape index (κ1) is 20.4. The van der Waals surface area contributed by atoms with Gasteiger partial charge >= 0.3 is 0 Å². The van der Waals surface area contributed by atoms with Crippen LogP contribution in [0.25, 0.3) is 0 Å². The quantitative estimate of drug-likeness (QED) is 0.351. The maximum absolute atomic E-state index is 11.9. The van der Waals surface area contributed by atoms with Crippen molar-refractivity contribution in [2.24, 2.45) is 4.99 Å². The van der Waals surface area contributed by atoms with Crippen LogP contribution in [0, 0.1) is 0 Å². The summed E-state index contributed by atoms with van der Waals surface area (Å²) in [5.41, 5.74) is 0. The molecular weight excluding hydrogens is 346 g/mol. The molecule has 3 fully saturated rings. The Kier molecular flexibility index (Phi) is 8.16. The molecule has 154 valence electrons. The summed E-state index contributed by atoms with van der Waals surface area (Å²) in [6.07, 6.45) is 5.64. The lowest BCUT2D eigenvalue weighted by atomic mass is 10.1. The Morgan fingerprint density at radius 2 is 1.89 bits per heavy atom. The van der Waals surface area contributed by atoms with Crippen molar-refractivity contribution in [1.82, 2.24) is 20.4 Å². The zero-order chi connectivity index (χ0) is 18.9. The van der Waals surface area contributed by atoms with Crippen LogP contribution in [0.1, 0.15) is 32.1 Å². The van der Waals surface area contributed by atoms with Gasteiger partial charge in [-0.3, -0.25) is 14.7 Å². The van der Waals surface area contributed by atoms with Gasteiger partial charge in [0.2, 0.25) is 5.91 Å². The maximum atomic E-state index is 11.9. The fourth-order valence-corrected chi connectivity index (χ4v) is 3.52. The first-order chi connectivity index (χ1) is 13.2. The topological polar surface area (TPSA) is 78.4 Å². The van der Waals surface area contributed by atoms with E-state index < -0.39 is 0 Å². The van der Waals surface area contributed by atoms with Gasteiger partial charge in [-0.1, -0.05) is 0 Å². The maximum Gasteiger partial charge on any atom is 0.234 e. The molecule has 0 atom stereocenters. The van der Waals surface area contributed by atoms with Crippen LogP contribution in [0.4, 0.5) is 0 Å². The second-order valence-corrected chi connectivity index (χ2v) is 7.62. The zero-order valence-electron chi connectivity index (χ0n) is 16.6. The largest absolute Gasteiger partial charge is 0.381 e. The molecule has 0 aromatic heterocycles. The summed E-state index contributed by atoms with van der Waals surface area (Å²) in [5.74, 6) is 1.11. The molecule has 2 aliphatic heterocycles. The van der Waals surface area contributed by atoms with Crippen molar-refractivity contribution in [3.05, 3.63) is 0 Å². The van der Waals surface area contributed by atoms with Crippen molar-refractivity contribution in [2.75, 3.05) is 66.1 Å². The van der Waals surface area contributed by atoms with E-state index in [2.05, 4.69) is 25.4 Å². The van der Waals surface area contributed by atoms with Gasteiger partial charge in [0.1, 0.15) is 0 Å². The van der Waals surface area contributed by atoms with Gasteiger partial charge in [-0.15, -0.1) is 0 Å². The van der Waals surface area contributed by atoms with Crippen molar-refractivity contribution in [1.29, 1.82) is 0 Å². The number of piperazine rings is 1. The van der Waals surface area contributed by atoms with Gasteiger partial charge < -0.3 is 25.0 Å². The summed E-state index contributed by atoms with van der Waals surface area (Å²) in [4.78, 5) is 20.8. The smallest absolute Gasteiger partial charge is 0.234 e. The van der Waals surface area contributed by atoms with Gasteiger partial charge in [-0.2, -0.15) is 0 Å². The van der Waals surface area contributed by atoms with Gasteiger partial charge in [0.25, 0.3) is 0 Å². The van der Waals surface area contributed by atoms with Gasteiger partial charge in [-0.25, -0.2) is 0 Å². The Morgan fingerprint density at radius 3 is 2.56 bits per heavy atom. The molecule has 2 N–H and O–H groups in total.